The van der Waals surface area contributed by atoms with Crippen LogP contribution < -0.4 is 16.4 Å². The minimum Gasteiger partial charge on any atom is -0.390 e. The van der Waals surface area contributed by atoms with Gasteiger partial charge in [-0.3, -0.25) is 0 Å². The van der Waals surface area contributed by atoms with E-state index in [0.717, 1.165) is 23.1 Å². The van der Waals surface area contributed by atoms with Crippen molar-refractivity contribution in [1.82, 2.24) is 19.9 Å². The second kappa shape index (κ2) is 10.8. The second-order valence-corrected chi connectivity index (χ2v) is 13.0. The van der Waals surface area contributed by atoms with Crippen molar-refractivity contribution in [3.05, 3.63) is 53.4 Å². The number of nitrogens with one attached hydrogen (secondary N) is 2. The molecule has 11 nitrogen and oxygen atoms in total. The first-order valence-corrected chi connectivity index (χ1v) is 15.2. The maximum atomic E-state index is 14.2. The van der Waals surface area contributed by atoms with Crippen molar-refractivity contribution in [2.75, 3.05) is 28.4 Å². The highest BCUT2D eigenvalue weighted by atomic mass is 32.2. The number of halogens is 2. The molecule has 1 saturated carbocycles. The van der Waals surface area contributed by atoms with Gasteiger partial charge in [-0.1, -0.05) is 6.07 Å². The Balaban J connectivity index is 1.53. The molecule has 1 aromatic carbocycles. The van der Waals surface area contributed by atoms with E-state index in [1.165, 1.54) is 17.4 Å². The number of rotatable bonds is 8. The van der Waals surface area contributed by atoms with Gasteiger partial charge in [-0.25, -0.2) is 32.2 Å². The van der Waals surface area contributed by atoms with Gasteiger partial charge in [0, 0.05) is 30.5 Å². The van der Waals surface area contributed by atoms with Crippen LogP contribution in [-0.2, 0) is 16.4 Å². The van der Waals surface area contributed by atoms with E-state index < -0.39 is 45.6 Å². The number of aromatic nitrogens is 4. The lowest BCUT2D eigenvalue weighted by Crippen LogP contribution is -2.36. The van der Waals surface area contributed by atoms with E-state index in [0.29, 0.717) is 21.8 Å². The molecule has 0 bridgehead atoms. The molecule has 3 heterocycles. The fraction of sp³-hybridized carbons (Fsp3) is 0.360. The van der Waals surface area contributed by atoms with Crippen LogP contribution in [0, 0.1) is 24.5 Å². The summed E-state index contributed by atoms with van der Waals surface area (Å²) in [6, 6.07) is 4.57. The van der Waals surface area contributed by atoms with Gasteiger partial charge in [-0.2, -0.15) is 4.98 Å². The molecule has 0 spiro atoms. The largest absolute Gasteiger partial charge is 0.390 e. The van der Waals surface area contributed by atoms with Crippen LogP contribution in [0.3, 0.4) is 0 Å². The fourth-order valence-electron chi connectivity index (χ4n) is 4.86. The quantitative estimate of drug-likeness (QED) is 0.203. The smallest absolute Gasteiger partial charge is 0.225 e. The molecule has 0 radical (unpaired) electrons. The molecule has 212 valence electrons. The van der Waals surface area contributed by atoms with E-state index in [9.17, 15) is 27.4 Å². The Kier molecular flexibility index (Phi) is 7.56. The number of aliphatic hydroxyl groups is 2. The summed E-state index contributed by atoms with van der Waals surface area (Å²) in [6.07, 6.45) is 0.234. The highest BCUT2D eigenvalue weighted by Gasteiger charge is 2.43. The lowest BCUT2D eigenvalue weighted by molar-refractivity contribution is 0.0216. The fourth-order valence-corrected chi connectivity index (χ4v) is 7.04. The molecule has 0 unspecified atom stereocenters. The van der Waals surface area contributed by atoms with Crippen molar-refractivity contribution in [2.24, 2.45) is 5.92 Å². The van der Waals surface area contributed by atoms with Gasteiger partial charge >= 0.3 is 0 Å². The molecule has 0 aliphatic heterocycles. The summed E-state index contributed by atoms with van der Waals surface area (Å²) < 4.78 is 52.9. The summed E-state index contributed by atoms with van der Waals surface area (Å²) in [4.78, 5) is 17.7. The predicted molar refractivity (Wildman–Crippen MR) is 149 cm³/mol. The van der Waals surface area contributed by atoms with Crippen molar-refractivity contribution < 1.29 is 27.4 Å². The zero-order valence-electron chi connectivity index (χ0n) is 21.5. The summed E-state index contributed by atoms with van der Waals surface area (Å²) in [5.74, 6) is -1.90. The lowest BCUT2D eigenvalue weighted by atomic mass is 10.1. The third kappa shape index (κ3) is 5.68. The Hall–Kier alpha value is -3.53. The van der Waals surface area contributed by atoms with E-state index >= 15 is 0 Å². The van der Waals surface area contributed by atoms with Gasteiger partial charge in [0.2, 0.25) is 5.95 Å². The van der Waals surface area contributed by atoms with Gasteiger partial charge in [0.1, 0.15) is 43.9 Å². The van der Waals surface area contributed by atoms with E-state index in [4.69, 9.17) is 5.73 Å². The number of aryl methyl sites for hydroxylation is 1. The number of aliphatic hydroxyl groups excluding tert-OH is 2. The number of hydrogen-bond donors (Lipinski definition) is 5. The number of nitrogens with zero attached hydrogens (tertiary/aromatic N) is 4. The Morgan fingerprint density at radius 1 is 1.12 bits per heavy atom. The Labute approximate surface area is 232 Å². The number of nitrogen functional groups attached to an aromatic ring is 1. The van der Waals surface area contributed by atoms with Crippen LogP contribution in [0.1, 0.15) is 17.7 Å². The Bertz CT molecular complexity index is 1670. The van der Waals surface area contributed by atoms with Crippen LogP contribution >= 0.6 is 11.3 Å². The van der Waals surface area contributed by atoms with Gasteiger partial charge in [0.05, 0.1) is 33.9 Å². The van der Waals surface area contributed by atoms with Gasteiger partial charge < -0.3 is 26.6 Å². The Morgan fingerprint density at radius 2 is 1.85 bits per heavy atom. The van der Waals surface area contributed by atoms with Crippen molar-refractivity contribution in [1.29, 1.82) is 0 Å². The molecule has 0 saturated heterocycles. The van der Waals surface area contributed by atoms with Gasteiger partial charge in [-0.15, -0.1) is 11.3 Å². The zero-order chi connectivity index (χ0) is 28.8. The van der Waals surface area contributed by atoms with Crippen LogP contribution in [0.5, 0.6) is 0 Å². The number of hydrogen-bond acceptors (Lipinski definition) is 12. The molecule has 4 aromatic rings. The third-order valence-corrected chi connectivity index (χ3v) is 8.84. The van der Waals surface area contributed by atoms with Gasteiger partial charge in [-0.05, 0) is 31.5 Å². The van der Waals surface area contributed by atoms with Crippen LogP contribution in [0.15, 0.2) is 30.5 Å². The van der Waals surface area contributed by atoms with E-state index in [1.807, 2.05) is 0 Å². The molecular weight excluding hydrogens is 564 g/mol. The maximum absolute atomic E-state index is 14.2. The van der Waals surface area contributed by atoms with E-state index in [2.05, 4.69) is 30.6 Å². The van der Waals surface area contributed by atoms with Crippen LogP contribution in [0.4, 0.5) is 26.4 Å². The standard InChI is InChI=1S/C25H27F2N7O4S2/c1-11-18(24-33-19-17(39-24)6-7-29-22(19)28)23(32-16-8-12(10-40(2,37)38)20(35)21(16)36)34-25(31-11)30-9-13-14(26)4-3-5-15(13)27/h3-7,12,16,20-21,35-36H,8-10H2,1-2H3,(H2,28,29)(H2,30,31,32,34)/t12-,16-,20-,21+/m1/s1. The van der Waals surface area contributed by atoms with Crippen molar-refractivity contribution in [2.45, 2.75) is 38.1 Å². The SMILES string of the molecule is Cc1nc(NCc2c(F)cccc2F)nc(N[C@@H]2C[C@H](CS(C)(=O)=O)[C@@H](O)[C@H]2O)c1-c1nc2c(N)nccc2s1. The molecule has 40 heavy (non-hydrogen) atoms. The summed E-state index contributed by atoms with van der Waals surface area (Å²) in [5, 5.41) is 27.8. The first-order chi connectivity index (χ1) is 18.9. The summed E-state index contributed by atoms with van der Waals surface area (Å²) >= 11 is 1.32. The number of sulfone groups is 1. The average molecular weight is 592 g/mol. The monoisotopic (exact) mass is 591 g/mol. The number of thiazole rings is 1. The van der Waals surface area contributed by atoms with Gasteiger partial charge in [0.25, 0.3) is 0 Å². The molecule has 5 rings (SSSR count). The molecule has 1 aliphatic carbocycles. The van der Waals surface area contributed by atoms with Crippen LogP contribution in [0.2, 0.25) is 0 Å². The molecule has 1 fully saturated rings. The predicted octanol–water partition coefficient (Wildman–Crippen LogP) is 2.50. The number of anilines is 3. The number of benzene rings is 1. The van der Waals surface area contributed by atoms with Gasteiger partial charge in [0.15, 0.2) is 5.82 Å². The molecule has 6 N–H and O–H groups in total. The molecule has 4 atom stereocenters. The van der Waals surface area contributed by atoms with Crippen LogP contribution in [0.25, 0.3) is 20.8 Å². The number of nitrogens with two attached hydrogens (primary N) is 1. The number of pyridine rings is 1. The highest BCUT2D eigenvalue weighted by molar-refractivity contribution is 7.90. The maximum Gasteiger partial charge on any atom is 0.225 e. The van der Waals surface area contributed by atoms with Crippen molar-refractivity contribution in [3.8, 4) is 10.6 Å². The van der Waals surface area contributed by atoms with Crippen LogP contribution in [-0.4, -0.2) is 68.8 Å². The van der Waals surface area contributed by atoms with Crippen molar-refractivity contribution in [3.63, 3.8) is 0 Å². The molecule has 15 heteroatoms. The normalized spacial score (nSPS) is 21.1. The minimum absolute atomic E-state index is 0.0504. The summed E-state index contributed by atoms with van der Waals surface area (Å²) in [7, 11) is -3.41. The Morgan fingerprint density at radius 3 is 2.52 bits per heavy atom. The third-order valence-electron chi connectivity index (χ3n) is 6.77. The van der Waals surface area contributed by atoms with Crippen molar-refractivity contribution >= 4 is 49.0 Å². The van der Waals surface area contributed by atoms with E-state index in [1.54, 1.807) is 19.2 Å². The molecule has 0 amide bonds. The second-order valence-electron chi connectivity index (χ2n) is 9.79. The molecule has 3 aromatic heterocycles. The topological polar surface area (TPSA) is 176 Å². The highest BCUT2D eigenvalue weighted by Crippen LogP contribution is 2.39. The first-order valence-electron chi connectivity index (χ1n) is 12.3. The lowest BCUT2D eigenvalue weighted by Gasteiger charge is -2.21. The van der Waals surface area contributed by atoms with E-state index in [-0.39, 0.29) is 41.9 Å². The summed E-state index contributed by atoms with van der Waals surface area (Å²) in [5.41, 5.74) is 7.25. The minimum atomic E-state index is -3.41. The average Bonchev–Trinajstić information content (AvgIpc) is 3.40. The number of fused-ring (bicyclic) bond motifs is 1. The molecular formula is C25H27F2N7O4S2. The molecule has 1 aliphatic rings. The summed E-state index contributed by atoms with van der Waals surface area (Å²) in [6.45, 7) is 1.47. The first kappa shape index (κ1) is 28.0. The zero-order valence-corrected chi connectivity index (χ0v) is 23.1.